The zero-order valence-corrected chi connectivity index (χ0v) is 27.7. The molecular weight excluding hydrogens is 665 g/mol. The number of ether oxygens (including phenoxy) is 3. The molecule has 0 spiro atoms. The SMILES string of the molecule is COc1cc2ncc3c(N)nc(-c4cncc(OCC(Cc5ccncc5)N(CCS(=O)(=O)O)CCS(=O)(=O)O)c4)cc3c2cc1OC. The van der Waals surface area contributed by atoms with Crippen LogP contribution in [0.2, 0.25) is 0 Å². The van der Waals surface area contributed by atoms with Crippen LogP contribution in [0, 0.1) is 0 Å². The lowest BCUT2D eigenvalue weighted by atomic mass is 10.0. The second kappa shape index (κ2) is 14.6. The van der Waals surface area contributed by atoms with Gasteiger partial charge < -0.3 is 19.9 Å². The number of hydrogen-bond donors (Lipinski definition) is 3. The molecule has 5 rings (SSSR count). The molecule has 15 nitrogen and oxygen atoms in total. The van der Waals surface area contributed by atoms with Gasteiger partial charge in [-0.1, -0.05) is 0 Å². The first-order chi connectivity index (χ1) is 22.8. The molecule has 0 bridgehead atoms. The van der Waals surface area contributed by atoms with E-state index in [1.807, 2.05) is 12.1 Å². The molecule has 4 N–H and O–H groups in total. The van der Waals surface area contributed by atoms with Gasteiger partial charge in [-0.05, 0) is 47.7 Å². The number of hydrogen-bond acceptors (Lipinski definition) is 13. The summed E-state index contributed by atoms with van der Waals surface area (Å²) in [6.45, 7) is -0.466. The van der Waals surface area contributed by atoms with Crippen LogP contribution in [0.1, 0.15) is 5.56 Å². The van der Waals surface area contributed by atoms with E-state index in [0.29, 0.717) is 45.8 Å². The van der Waals surface area contributed by atoms with Gasteiger partial charge in [0.25, 0.3) is 20.2 Å². The topological polar surface area (TPSA) is 217 Å². The standard InChI is InChI=1S/C31H34N6O9S2/c1-44-29-14-25-24-13-27(36-31(32)26(24)18-35-28(25)15-30(29)45-2)21-12-23(17-34-16-21)46-19-22(11-20-3-5-33-6-4-20)37(7-9-47(38,39)40)8-10-48(41,42)43/h3-6,12-18,22H,7-11,19H2,1-2H3,(H2,32,36)(H,38,39,40)(H,41,42,43). The Morgan fingerprint density at radius 3 is 2.15 bits per heavy atom. The van der Waals surface area contributed by atoms with Crippen molar-refractivity contribution in [3.05, 3.63) is 72.9 Å². The third kappa shape index (κ3) is 8.81. The van der Waals surface area contributed by atoms with Crippen molar-refractivity contribution in [2.45, 2.75) is 12.5 Å². The van der Waals surface area contributed by atoms with Crippen LogP contribution in [0.4, 0.5) is 5.82 Å². The van der Waals surface area contributed by atoms with E-state index < -0.39 is 37.8 Å². The molecule has 48 heavy (non-hydrogen) atoms. The number of benzene rings is 1. The Balaban J connectivity index is 1.46. The third-order valence-electron chi connectivity index (χ3n) is 7.67. The van der Waals surface area contributed by atoms with E-state index >= 15 is 0 Å². The molecule has 1 aromatic carbocycles. The molecule has 0 aliphatic rings. The van der Waals surface area contributed by atoms with Crippen LogP contribution in [0.3, 0.4) is 0 Å². The van der Waals surface area contributed by atoms with Gasteiger partial charge in [-0.3, -0.25) is 29.0 Å². The first-order valence-corrected chi connectivity index (χ1v) is 17.8. The van der Waals surface area contributed by atoms with Gasteiger partial charge in [0, 0.05) is 66.3 Å². The Labute approximate surface area is 277 Å². The first kappa shape index (κ1) is 34.6. The molecule has 5 aromatic rings. The van der Waals surface area contributed by atoms with E-state index in [0.717, 1.165) is 16.3 Å². The summed E-state index contributed by atoms with van der Waals surface area (Å²) in [7, 11) is -5.65. The van der Waals surface area contributed by atoms with Crippen molar-refractivity contribution in [1.82, 2.24) is 24.8 Å². The number of aromatic nitrogens is 4. The highest BCUT2D eigenvalue weighted by molar-refractivity contribution is 7.86. The fraction of sp³-hybridized carbons (Fsp3) is 0.290. The van der Waals surface area contributed by atoms with E-state index in [1.165, 1.54) is 11.1 Å². The second-order valence-electron chi connectivity index (χ2n) is 10.9. The zero-order chi connectivity index (χ0) is 34.5. The maximum atomic E-state index is 11.6. The summed E-state index contributed by atoms with van der Waals surface area (Å²) in [6, 6.07) is 10.1. The predicted molar refractivity (Wildman–Crippen MR) is 179 cm³/mol. The summed E-state index contributed by atoms with van der Waals surface area (Å²) < 4.78 is 82.3. The van der Waals surface area contributed by atoms with Crippen LogP contribution in [0.5, 0.6) is 17.2 Å². The second-order valence-corrected chi connectivity index (χ2v) is 14.0. The van der Waals surface area contributed by atoms with Crippen molar-refractivity contribution in [3.63, 3.8) is 0 Å². The molecule has 0 saturated heterocycles. The minimum atomic E-state index is -4.37. The normalized spacial score (nSPS) is 12.8. The minimum Gasteiger partial charge on any atom is -0.493 e. The van der Waals surface area contributed by atoms with E-state index in [4.69, 9.17) is 19.9 Å². The Kier molecular flexibility index (Phi) is 10.5. The van der Waals surface area contributed by atoms with E-state index in [2.05, 4.69) is 19.9 Å². The molecular formula is C31H34N6O9S2. The lowest BCUT2D eigenvalue weighted by molar-refractivity contribution is 0.145. The van der Waals surface area contributed by atoms with E-state index in [-0.39, 0.29) is 25.5 Å². The van der Waals surface area contributed by atoms with Crippen LogP contribution in [-0.2, 0) is 26.7 Å². The Hall–Kier alpha value is -4.68. The van der Waals surface area contributed by atoms with Crippen molar-refractivity contribution in [1.29, 1.82) is 0 Å². The van der Waals surface area contributed by atoms with Gasteiger partial charge in [0.15, 0.2) is 11.5 Å². The Morgan fingerprint density at radius 2 is 1.50 bits per heavy atom. The smallest absolute Gasteiger partial charge is 0.266 e. The highest BCUT2D eigenvalue weighted by Gasteiger charge is 2.24. The molecule has 4 heterocycles. The number of methoxy groups -OCH3 is 2. The number of anilines is 1. The lowest BCUT2D eigenvalue weighted by Gasteiger charge is -2.31. The van der Waals surface area contributed by atoms with E-state index in [9.17, 15) is 25.9 Å². The summed E-state index contributed by atoms with van der Waals surface area (Å²) in [5, 5.41) is 2.20. The average molecular weight is 699 g/mol. The number of rotatable bonds is 15. The predicted octanol–water partition coefficient (Wildman–Crippen LogP) is 2.91. The van der Waals surface area contributed by atoms with E-state index in [1.54, 1.807) is 63.3 Å². The molecule has 0 saturated carbocycles. The average Bonchev–Trinajstić information content (AvgIpc) is 3.05. The van der Waals surface area contributed by atoms with Gasteiger partial charge in [-0.25, -0.2) is 4.98 Å². The van der Waals surface area contributed by atoms with Crippen LogP contribution >= 0.6 is 0 Å². The molecule has 0 fully saturated rings. The lowest BCUT2D eigenvalue weighted by Crippen LogP contribution is -2.45. The molecule has 254 valence electrons. The maximum absolute atomic E-state index is 11.6. The molecule has 1 unspecified atom stereocenters. The van der Waals surface area contributed by atoms with Gasteiger partial charge in [-0.15, -0.1) is 0 Å². The number of pyridine rings is 4. The summed E-state index contributed by atoms with van der Waals surface area (Å²) >= 11 is 0. The van der Waals surface area contributed by atoms with Crippen molar-refractivity contribution >= 4 is 47.7 Å². The van der Waals surface area contributed by atoms with Crippen molar-refractivity contribution in [3.8, 4) is 28.5 Å². The zero-order valence-electron chi connectivity index (χ0n) is 26.1. The van der Waals surface area contributed by atoms with Crippen molar-refractivity contribution in [2.75, 3.05) is 51.2 Å². The van der Waals surface area contributed by atoms with Gasteiger partial charge in [0.05, 0.1) is 43.1 Å². The highest BCUT2D eigenvalue weighted by atomic mass is 32.2. The molecule has 1 atom stereocenters. The highest BCUT2D eigenvalue weighted by Crippen LogP contribution is 2.37. The quantitative estimate of drug-likeness (QED) is 0.106. The molecule has 0 amide bonds. The fourth-order valence-electron chi connectivity index (χ4n) is 5.26. The summed E-state index contributed by atoms with van der Waals surface area (Å²) in [5.74, 6) is 0.356. The van der Waals surface area contributed by atoms with Gasteiger partial charge in [0.2, 0.25) is 0 Å². The number of nitrogen functional groups attached to an aromatic ring is 1. The maximum Gasteiger partial charge on any atom is 0.266 e. The van der Waals surface area contributed by atoms with Crippen molar-refractivity contribution in [2.24, 2.45) is 0 Å². The van der Waals surface area contributed by atoms with Gasteiger partial charge >= 0.3 is 0 Å². The molecule has 17 heteroatoms. The summed E-state index contributed by atoms with van der Waals surface area (Å²) in [6.07, 6.45) is 8.24. The monoisotopic (exact) mass is 698 g/mol. The molecule has 4 aromatic heterocycles. The Bertz CT molecular complexity index is 2100. The number of fused-ring (bicyclic) bond motifs is 3. The summed E-state index contributed by atoms with van der Waals surface area (Å²) in [4.78, 5) is 19.0. The molecule has 0 aliphatic heterocycles. The van der Waals surface area contributed by atoms with Crippen LogP contribution in [-0.4, -0.2) is 102 Å². The van der Waals surface area contributed by atoms with Crippen LogP contribution < -0.4 is 19.9 Å². The summed E-state index contributed by atoms with van der Waals surface area (Å²) in [5.41, 5.74) is 8.97. The third-order valence-corrected chi connectivity index (χ3v) is 9.07. The van der Waals surface area contributed by atoms with Gasteiger partial charge in [-0.2, -0.15) is 16.8 Å². The molecule has 0 aliphatic carbocycles. The van der Waals surface area contributed by atoms with Crippen LogP contribution in [0.25, 0.3) is 32.9 Å². The first-order valence-electron chi connectivity index (χ1n) is 14.6. The number of nitrogens with zero attached hydrogens (tertiary/aromatic N) is 5. The van der Waals surface area contributed by atoms with Crippen molar-refractivity contribution < 1.29 is 40.2 Å². The number of nitrogens with two attached hydrogens (primary N) is 1. The Morgan fingerprint density at radius 1 is 0.833 bits per heavy atom. The largest absolute Gasteiger partial charge is 0.493 e. The minimum absolute atomic E-state index is 0.0321. The van der Waals surface area contributed by atoms with Crippen LogP contribution in [0.15, 0.2) is 67.4 Å². The van der Waals surface area contributed by atoms with Gasteiger partial charge in [0.1, 0.15) is 18.2 Å². The molecule has 0 radical (unpaired) electrons. The fourth-order valence-corrected chi connectivity index (χ4v) is 6.19.